The zero-order valence-corrected chi connectivity index (χ0v) is 22.2. The van der Waals surface area contributed by atoms with Crippen molar-refractivity contribution in [3.63, 3.8) is 0 Å². The van der Waals surface area contributed by atoms with E-state index in [1.54, 1.807) is 0 Å². The second-order valence-corrected chi connectivity index (χ2v) is 8.61. The molecule has 0 saturated carbocycles. The highest BCUT2D eigenvalue weighted by Crippen LogP contribution is 2.08. The molecule has 0 bridgehead atoms. The Hall–Kier alpha value is -2.72. The van der Waals surface area contributed by atoms with Crippen molar-refractivity contribution in [1.29, 1.82) is 0 Å². The first-order valence-corrected chi connectivity index (χ1v) is 12.3. The van der Waals surface area contributed by atoms with Crippen molar-refractivity contribution < 1.29 is 49.1 Å². The van der Waals surface area contributed by atoms with Gasteiger partial charge < -0.3 is 29.9 Å². The van der Waals surface area contributed by atoms with Crippen LogP contribution in [0.2, 0.25) is 0 Å². The molecule has 10 nitrogen and oxygen atoms in total. The number of carboxylic acids is 2. The minimum atomic E-state index is -1.14. The van der Waals surface area contributed by atoms with Crippen LogP contribution in [0, 0.1) is 11.8 Å². The summed E-state index contributed by atoms with van der Waals surface area (Å²) >= 11 is 0. The number of hydrogen-bond acceptors (Lipinski definition) is 8. The Kier molecular flexibility index (Phi) is 30.0. The zero-order chi connectivity index (χ0) is 28.2. The molecule has 0 rings (SSSR count). The number of aliphatic hydroxyl groups excluding tert-OH is 2. The van der Waals surface area contributed by atoms with Gasteiger partial charge in [-0.25, -0.2) is 19.2 Å². The topological polar surface area (TPSA) is 168 Å². The summed E-state index contributed by atoms with van der Waals surface area (Å²) in [6.45, 7) is 9.18. The minimum absolute atomic E-state index is 0.125. The molecule has 0 spiro atoms. The van der Waals surface area contributed by atoms with Crippen LogP contribution in [0.4, 0.5) is 0 Å². The third kappa shape index (κ3) is 41.5. The Labute approximate surface area is 215 Å². The summed E-state index contributed by atoms with van der Waals surface area (Å²) in [6.07, 6.45) is 11.8. The van der Waals surface area contributed by atoms with Gasteiger partial charge in [0, 0.05) is 24.3 Å². The highest BCUT2D eigenvalue weighted by Gasteiger charge is 2.00. The highest BCUT2D eigenvalue weighted by atomic mass is 16.5. The van der Waals surface area contributed by atoms with E-state index in [0.717, 1.165) is 62.8 Å². The van der Waals surface area contributed by atoms with Crippen molar-refractivity contribution in [3.05, 3.63) is 24.3 Å². The average Bonchev–Trinajstić information content (AvgIpc) is 2.81. The molecule has 0 amide bonds. The molecule has 0 aliphatic rings. The van der Waals surface area contributed by atoms with Gasteiger partial charge in [-0.2, -0.15) is 0 Å². The lowest BCUT2D eigenvalue weighted by atomic mass is 10.1. The molecular weight excluding hydrogens is 472 g/mol. The molecule has 0 aliphatic carbocycles. The van der Waals surface area contributed by atoms with Gasteiger partial charge in [-0.3, -0.25) is 0 Å². The molecule has 0 unspecified atom stereocenters. The fourth-order valence-electron chi connectivity index (χ4n) is 2.38. The first-order valence-electron chi connectivity index (χ1n) is 12.3. The van der Waals surface area contributed by atoms with Crippen LogP contribution < -0.4 is 0 Å². The summed E-state index contributed by atoms with van der Waals surface area (Å²) in [5.41, 5.74) is 0. The molecule has 0 radical (unpaired) electrons. The molecule has 0 atom stereocenters. The number of hydrogen-bond donors (Lipinski definition) is 4. The van der Waals surface area contributed by atoms with Crippen LogP contribution >= 0.6 is 0 Å². The van der Waals surface area contributed by atoms with Crippen molar-refractivity contribution in [2.45, 2.75) is 79.1 Å². The Morgan fingerprint density at radius 1 is 0.583 bits per heavy atom. The maximum Gasteiger partial charge on any atom is 0.331 e. The number of carbonyl (C=O) groups is 4. The molecule has 10 heteroatoms. The Morgan fingerprint density at radius 3 is 1.17 bits per heavy atom. The molecular formula is C26H46O10. The summed E-state index contributed by atoms with van der Waals surface area (Å²) < 4.78 is 9.62. The van der Waals surface area contributed by atoms with Crippen molar-refractivity contribution in [1.82, 2.24) is 0 Å². The fraction of sp³-hybridized carbons (Fsp3) is 0.692. The molecule has 36 heavy (non-hydrogen) atoms. The minimum Gasteiger partial charge on any atom is -0.478 e. The van der Waals surface area contributed by atoms with Crippen molar-refractivity contribution >= 4 is 23.9 Å². The maximum atomic E-state index is 10.9. The van der Waals surface area contributed by atoms with Crippen LogP contribution in [-0.2, 0) is 28.7 Å². The second-order valence-electron chi connectivity index (χ2n) is 8.61. The molecule has 210 valence electrons. The van der Waals surface area contributed by atoms with E-state index >= 15 is 0 Å². The monoisotopic (exact) mass is 518 g/mol. The Bertz CT molecular complexity index is 570. The van der Waals surface area contributed by atoms with Gasteiger partial charge in [-0.15, -0.1) is 0 Å². The van der Waals surface area contributed by atoms with E-state index in [-0.39, 0.29) is 13.2 Å². The van der Waals surface area contributed by atoms with Crippen LogP contribution in [0.3, 0.4) is 0 Å². The molecule has 0 aromatic heterocycles. The van der Waals surface area contributed by atoms with Gasteiger partial charge in [-0.1, -0.05) is 66.2 Å². The summed E-state index contributed by atoms with van der Waals surface area (Å²) in [6, 6.07) is 0. The van der Waals surface area contributed by atoms with Crippen LogP contribution in [0.5, 0.6) is 0 Å². The van der Waals surface area contributed by atoms with E-state index in [1.807, 2.05) is 0 Å². The van der Waals surface area contributed by atoms with Gasteiger partial charge in [0.15, 0.2) is 0 Å². The van der Waals surface area contributed by atoms with Gasteiger partial charge >= 0.3 is 23.9 Å². The summed E-state index contributed by atoms with van der Waals surface area (Å²) in [7, 11) is 0. The van der Waals surface area contributed by atoms with E-state index in [1.165, 1.54) is 12.8 Å². The van der Waals surface area contributed by atoms with E-state index in [4.69, 9.17) is 29.9 Å². The Morgan fingerprint density at radius 2 is 0.917 bits per heavy atom. The highest BCUT2D eigenvalue weighted by molar-refractivity contribution is 5.91. The van der Waals surface area contributed by atoms with Crippen molar-refractivity contribution in [2.24, 2.45) is 11.8 Å². The van der Waals surface area contributed by atoms with E-state index in [0.29, 0.717) is 25.0 Å². The maximum absolute atomic E-state index is 10.9. The third-order valence-electron chi connectivity index (χ3n) is 4.16. The van der Waals surface area contributed by atoms with Crippen molar-refractivity contribution in [2.75, 3.05) is 26.4 Å². The number of ether oxygens (including phenoxy) is 2. The number of esters is 2. The van der Waals surface area contributed by atoms with Gasteiger partial charge in [-0.05, 0) is 24.7 Å². The summed E-state index contributed by atoms with van der Waals surface area (Å²) in [4.78, 5) is 42.0. The second kappa shape index (κ2) is 28.5. The number of carboxylic acid groups (broad SMARTS) is 2. The standard InChI is InChI=1S/2C12H20O4.C2H6O2/c2*1-10(2)6-4-3-5-9-16-12(15)8-7-11(13)14;3-1-2-4/h2*7-8,10H,3-6,9H2,1-2H3,(H,13,14);3-4H,1-2H2. The summed E-state index contributed by atoms with van der Waals surface area (Å²) in [5, 5.41) is 31.8. The lowest BCUT2D eigenvalue weighted by molar-refractivity contribution is -0.139. The van der Waals surface area contributed by atoms with Crippen molar-refractivity contribution in [3.8, 4) is 0 Å². The quantitative estimate of drug-likeness (QED) is 0.126. The van der Waals surface area contributed by atoms with E-state index < -0.39 is 23.9 Å². The summed E-state index contributed by atoms with van der Waals surface area (Å²) in [5.74, 6) is -2.05. The molecule has 0 saturated heterocycles. The molecule has 0 aliphatic heterocycles. The molecule has 0 aromatic rings. The van der Waals surface area contributed by atoms with Crippen LogP contribution in [-0.4, -0.2) is 70.7 Å². The normalized spacial score (nSPS) is 10.6. The lowest BCUT2D eigenvalue weighted by Crippen LogP contribution is -2.03. The molecule has 4 N–H and O–H groups in total. The van der Waals surface area contributed by atoms with Crippen LogP contribution in [0.25, 0.3) is 0 Å². The predicted octanol–water partition coefficient (Wildman–Crippen LogP) is 3.74. The van der Waals surface area contributed by atoms with E-state index in [2.05, 4.69) is 27.7 Å². The van der Waals surface area contributed by atoms with Crippen LogP contribution in [0.15, 0.2) is 24.3 Å². The number of aliphatic hydroxyl groups is 2. The zero-order valence-electron chi connectivity index (χ0n) is 22.2. The number of aliphatic carboxylic acids is 2. The third-order valence-corrected chi connectivity index (χ3v) is 4.16. The first kappa shape index (κ1) is 37.8. The van der Waals surface area contributed by atoms with Gasteiger partial charge in [0.05, 0.1) is 26.4 Å². The Balaban J connectivity index is -0.000000526. The largest absolute Gasteiger partial charge is 0.478 e. The number of unbranched alkanes of at least 4 members (excludes halogenated alkanes) is 4. The van der Waals surface area contributed by atoms with E-state index in [9.17, 15) is 19.2 Å². The lowest BCUT2D eigenvalue weighted by Gasteiger charge is -2.04. The smallest absolute Gasteiger partial charge is 0.331 e. The SMILES string of the molecule is CC(C)CCCCCOC(=O)C=CC(=O)O.CC(C)CCCCCOC(=O)C=CC(=O)O.OCCO. The van der Waals surface area contributed by atoms with Gasteiger partial charge in [0.25, 0.3) is 0 Å². The fourth-order valence-corrected chi connectivity index (χ4v) is 2.38. The van der Waals surface area contributed by atoms with Gasteiger partial charge in [0.1, 0.15) is 0 Å². The number of carbonyl (C=O) groups excluding carboxylic acids is 2. The predicted molar refractivity (Wildman–Crippen MR) is 136 cm³/mol. The molecule has 0 aromatic carbocycles. The molecule has 0 heterocycles. The van der Waals surface area contributed by atoms with Crippen LogP contribution in [0.1, 0.15) is 79.1 Å². The molecule has 0 fully saturated rings. The first-order chi connectivity index (χ1) is 17.0. The average molecular weight is 519 g/mol. The number of rotatable bonds is 17. The van der Waals surface area contributed by atoms with Gasteiger partial charge in [0.2, 0.25) is 0 Å².